The van der Waals surface area contributed by atoms with E-state index in [2.05, 4.69) is 5.32 Å². The number of rotatable bonds is 2. The number of piperazine rings is 1. The second-order valence-electron chi connectivity index (χ2n) is 5.28. The van der Waals surface area contributed by atoms with Crippen molar-refractivity contribution in [1.29, 1.82) is 0 Å². The lowest BCUT2D eigenvalue weighted by atomic mass is 10.1. The Morgan fingerprint density at radius 2 is 2.13 bits per heavy atom. The molecule has 2 aliphatic heterocycles. The van der Waals surface area contributed by atoms with Crippen molar-refractivity contribution in [3.8, 4) is 11.5 Å². The number of thiophene rings is 1. The lowest BCUT2D eigenvalue weighted by Crippen LogP contribution is -2.51. The minimum atomic E-state index is -0.582. The summed E-state index contributed by atoms with van der Waals surface area (Å²) >= 11 is 1.47. The van der Waals surface area contributed by atoms with E-state index in [4.69, 9.17) is 9.47 Å². The lowest BCUT2D eigenvalue weighted by molar-refractivity contribution is -0.127. The van der Waals surface area contributed by atoms with Gasteiger partial charge >= 0.3 is 0 Å². The summed E-state index contributed by atoms with van der Waals surface area (Å²) in [6, 6.07) is 8.27. The number of nitrogens with one attached hydrogen (secondary N) is 1. The predicted octanol–water partition coefficient (Wildman–Crippen LogP) is 1.79. The highest BCUT2D eigenvalue weighted by Gasteiger charge is 2.35. The Hall–Kier alpha value is -2.54. The smallest absolute Gasteiger partial charge is 0.255 e. The standard InChI is InChI=1S/C16H14N2O4S/c19-15-14(13-2-1-7-23-13)18(6-5-17-15)16(20)10-3-4-11-12(8-10)22-9-21-11/h1-4,7-8,14H,5-6,9H2,(H,17,19)/t14-/m1/s1. The van der Waals surface area contributed by atoms with Crippen LogP contribution in [0.25, 0.3) is 0 Å². The first-order chi connectivity index (χ1) is 11.2. The van der Waals surface area contributed by atoms with Gasteiger partial charge in [-0.1, -0.05) is 6.07 Å². The summed E-state index contributed by atoms with van der Waals surface area (Å²) < 4.78 is 10.6. The van der Waals surface area contributed by atoms with Crippen molar-refractivity contribution in [3.63, 3.8) is 0 Å². The quantitative estimate of drug-likeness (QED) is 0.911. The van der Waals surface area contributed by atoms with Gasteiger partial charge in [0.05, 0.1) is 0 Å². The van der Waals surface area contributed by atoms with E-state index >= 15 is 0 Å². The topological polar surface area (TPSA) is 67.9 Å². The summed E-state index contributed by atoms with van der Waals surface area (Å²) in [7, 11) is 0. The van der Waals surface area contributed by atoms with E-state index in [1.165, 1.54) is 11.3 Å². The third-order valence-corrected chi connectivity index (χ3v) is 4.83. The second kappa shape index (κ2) is 5.58. The van der Waals surface area contributed by atoms with Crippen LogP contribution in [0.1, 0.15) is 21.3 Å². The number of fused-ring (bicyclic) bond motifs is 1. The highest BCUT2D eigenvalue weighted by atomic mass is 32.1. The third kappa shape index (κ3) is 2.43. The molecule has 0 radical (unpaired) electrons. The molecule has 2 aromatic rings. The van der Waals surface area contributed by atoms with Gasteiger partial charge in [-0.15, -0.1) is 11.3 Å². The molecule has 6 nitrogen and oxygen atoms in total. The molecule has 3 heterocycles. The Morgan fingerprint density at radius 1 is 1.26 bits per heavy atom. The van der Waals surface area contributed by atoms with Crippen molar-refractivity contribution in [1.82, 2.24) is 10.2 Å². The zero-order chi connectivity index (χ0) is 15.8. The maximum Gasteiger partial charge on any atom is 0.255 e. The van der Waals surface area contributed by atoms with Crippen molar-refractivity contribution in [3.05, 3.63) is 46.2 Å². The molecule has 0 bridgehead atoms. The predicted molar refractivity (Wildman–Crippen MR) is 83.7 cm³/mol. The third-order valence-electron chi connectivity index (χ3n) is 3.91. The van der Waals surface area contributed by atoms with Crippen molar-refractivity contribution in [2.75, 3.05) is 19.9 Å². The zero-order valence-corrected chi connectivity index (χ0v) is 13.0. The highest BCUT2D eigenvalue weighted by molar-refractivity contribution is 7.10. The van der Waals surface area contributed by atoms with E-state index in [9.17, 15) is 9.59 Å². The van der Waals surface area contributed by atoms with Crippen LogP contribution in [0.15, 0.2) is 35.7 Å². The van der Waals surface area contributed by atoms with Crippen LogP contribution in [0.3, 0.4) is 0 Å². The molecule has 0 spiro atoms. The van der Waals surface area contributed by atoms with Crippen LogP contribution < -0.4 is 14.8 Å². The van der Waals surface area contributed by atoms with E-state index in [1.54, 1.807) is 23.1 Å². The van der Waals surface area contributed by atoms with E-state index in [-0.39, 0.29) is 18.6 Å². The summed E-state index contributed by atoms with van der Waals surface area (Å²) in [6.45, 7) is 1.09. The largest absolute Gasteiger partial charge is 0.454 e. The fraction of sp³-hybridized carbons (Fsp3) is 0.250. The molecular formula is C16H14N2O4S. The number of benzene rings is 1. The van der Waals surface area contributed by atoms with Gasteiger partial charge in [-0.2, -0.15) is 0 Å². The van der Waals surface area contributed by atoms with Crippen LogP contribution in [0.5, 0.6) is 11.5 Å². The molecule has 0 saturated carbocycles. The van der Waals surface area contributed by atoms with E-state index in [0.717, 1.165) is 4.88 Å². The number of nitrogens with zero attached hydrogens (tertiary/aromatic N) is 1. The SMILES string of the molecule is O=C1NCCN(C(=O)c2ccc3c(c2)OCO3)[C@@H]1c1cccs1. The molecule has 1 fully saturated rings. The molecule has 2 amide bonds. The van der Waals surface area contributed by atoms with Crippen molar-refractivity contribution >= 4 is 23.2 Å². The summed E-state index contributed by atoms with van der Waals surface area (Å²) in [6.07, 6.45) is 0. The van der Waals surface area contributed by atoms with E-state index in [0.29, 0.717) is 30.2 Å². The van der Waals surface area contributed by atoms with Gasteiger partial charge in [-0.25, -0.2) is 0 Å². The molecule has 4 rings (SSSR count). The molecule has 2 aliphatic rings. The Kier molecular flexibility index (Phi) is 3.42. The van der Waals surface area contributed by atoms with Gasteiger partial charge < -0.3 is 19.7 Å². The summed E-state index contributed by atoms with van der Waals surface area (Å²) in [5.41, 5.74) is 0.491. The second-order valence-corrected chi connectivity index (χ2v) is 6.25. The van der Waals surface area contributed by atoms with Crippen LogP contribution in [0, 0.1) is 0 Å². The fourth-order valence-corrected chi connectivity index (χ4v) is 3.65. The first-order valence-electron chi connectivity index (χ1n) is 7.26. The molecule has 23 heavy (non-hydrogen) atoms. The van der Waals surface area contributed by atoms with Crippen molar-refractivity contribution < 1.29 is 19.1 Å². The monoisotopic (exact) mass is 330 g/mol. The Balaban J connectivity index is 1.67. The Labute approximate surface area is 136 Å². The Bertz CT molecular complexity index is 759. The molecule has 0 aliphatic carbocycles. The number of carbonyl (C=O) groups excluding carboxylic acids is 2. The molecule has 7 heteroatoms. The van der Waals surface area contributed by atoms with Crippen molar-refractivity contribution in [2.45, 2.75) is 6.04 Å². The van der Waals surface area contributed by atoms with Gasteiger partial charge in [-0.3, -0.25) is 9.59 Å². The van der Waals surface area contributed by atoms with Crippen LogP contribution in [0.2, 0.25) is 0 Å². The summed E-state index contributed by atoms with van der Waals surface area (Å²) in [4.78, 5) is 27.7. The molecule has 1 aromatic heterocycles. The van der Waals surface area contributed by atoms with Crippen molar-refractivity contribution in [2.24, 2.45) is 0 Å². The normalized spacial score (nSPS) is 19.6. The molecule has 0 unspecified atom stereocenters. The average Bonchev–Trinajstić information content (AvgIpc) is 3.24. The number of ether oxygens (including phenoxy) is 2. The zero-order valence-electron chi connectivity index (χ0n) is 12.2. The number of carbonyl (C=O) groups is 2. The molecular weight excluding hydrogens is 316 g/mol. The first-order valence-corrected chi connectivity index (χ1v) is 8.14. The van der Waals surface area contributed by atoms with Crippen LogP contribution in [-0.2, 0) is 4.79 Å². The molecule has 1 aromatic carbocycles. The van der Waals surface area contributed by atoms with Gasteiger partial charge in [0, 0.05) is 23.5 Å². The van der Waals surface area contributed by atoms with Crippen LogP contribution >= 0.6 is 11.3 Å². The molecule has 1 saturated heterocycles. The van der Waals surface area contributed by atoms with E-state index in [1.807, 2.05) is 17.5 Å². The first kappa shape index (κ1) is 14.1. The average molecular weight is 330 g/mol. The minimum absolute atomic E-state index is 0.146. The van der Waals surface area contributed by atoms with Gasteiger partial charge in [0.2, 0.25) is 12.7 Å². The number of amides is 2. The van der Waals surface area contributed by atoms with Gasteiger partial charge in [0.1, 0.15) is 6.04 Å². The Morgan fingerprint density at radius 3 is 2.96 bits per heavy atom. The molecule has 1 N–H and O–H groups in total. The van der Waals surface area contributed by atoms with Gasteiger partial charge in [0.15, 0.2) is 11.5 Å². The fourth-order valence-electron chi connectivity index (χ4n) is 2.81. The highest BCUT2D eigenvalue weighted by Crippen LogP contribution is 2.34. The number of hydrogen-bond donors (Lipinski definition) is 1. The number of hydrogen-bond acceptors (Lipinski definition) is 5. The maximum absolute atomic E-state index is 12.9. The van der Waals surface area contributed by atoms with Gasteiger partial charge in [-0.05, 0) is 29.6 Å². The summed E-state index contributed by atoms with van der Waals surface area (Å²) in [5.74, 6) is 0.863. The summed E-state index contributed by atoms with van der Waals surface area (Å²) in [5, 5.41) is 4.73. The minimum Gasteiger partial charge on any atom is -0.454 e. The molecule has 1 atom stereocenters. The maximum atomic E-state index is 12.9. The molecule has 118 valence electrons. The van der Waals surface area contributed by atoms with Crippen LogP contribution in [0.4, 0.5) is 0 Å². The lowest BCUT2D eigenvalue weighted by Gasteiger charge is -2.34. The van der Waals surface area contributed by atoms with Gasteiger partial charge in [0.25, 0.3) is 5.91 Å². The van der Waals surface area contributed by atoms with Crippen LogP contribution in [-0.4, -0.2) is 36.6 Å². The van der Waals surface area contributed by atoms with E-state index < -0.39 is 6.04 Å².